The van der Waals surface area contributed by atoms with Gasteiger partial charge in [-0.05, 0) is 12.0 Å². The van der Waals surface area contributed by atoms with Crippen molar-refractivity contribution in [2.24, 2.45) is 0 Å². The Morgan fingerprint density at radius 2 is 2.04 bits per heavy atom. The fraction of sp³-hybridized carbons (Fsp3) is 0.625. The van der Waals surface area contributed by atoms with Gasteiger partial charge in [0.05, 0.1) is 17.9 Å². The van der Waals surface area contributed by atoms with Gasteiger partial charge in [0, 0.05) is 33.0 Å². The zero-order valence-electron chi connectivity index (χ0n) is 14.3. The first-order valence-corrected chi connectivity index (χ1v) is 8.37. The van der Waals surface area contributed by atoms with Crippen LogP contribution in [0.25, 0.3) is 5.65 Å². The van der Waals surface area contributed by atoms with Gasteiger partial charge < -0.3 is 14.5 Å². The number of carbonyl (C=O) groups excluding carboxylic acids is 1. The predicted octanol–water partition coefficient (Wildman–Crippen LogP) is 1.67. The molecule has 4 rings (SSSR count). The number of hydrogen-bond acceptors (Lipinski definition) is 6. The summed E-state index contributed by atoms with van der Waals surface area (Å²) in [6, 6.07) is 2.11. The minimum absolute atomic E-state index is 0.214. The lowest BCUT2D eigenvalue weighted by molar-refractivity contribution is 0.0367. The highest BCUT2D eigenvalue weighted by Gasteiger charge is 2.45. The Morgan fingerprint density at radius 1 is 1.29 bits per heavy atom. The van der Waals surface area contributed by atoms with Crippen LogP contribution in [0, 0.1) is 0 Å². The van der Waals surface area contributed by atoms with Gasteiger partial charge in [-0.1, -0.05) is 13.8 Å². The van der Waals surface area contributed by atoms with Gasteiger partial charge in [-0.25, -0.2) is 4.79 Å². The fourth-order valence-electron chi connectivity index (χ4n) is 3.55. The van der Waals surface area contributed by atoms with Gasteiger partial charge in [0.25, 0.3) is 0 Å². The molecule has 128 valence electrons. The molecule has 0 unspecified atom stereocenters. The lowest BCUT2D eigenvalue weighted by Crippen LogP contribution is -2.47. The molecule has 2 aromatic heterocycles. The Kier molecular flexibility index (Phi) is 3.36. The SMILES string of the molecule is CC(C)c1cc(N2CCC3(CC2)CN(C)C(=O)O3)c2nncn2n1. The second-order valence-corrected chi connectivity index (χ2v) is 7.10. The van der Waals surface area contributed by atoms with Crippen molar-refractivity contribution in [2.45, 2.75) is 38.2 Å². The summed E-state index contributed by atoms with van der Waals surface area (Å²) in [4.78, 5) is 15.7. The Morgan fingerprint density at radius 3 is 2.67 bits per heavy atom. The third-order valence-electron chi connectivity index (χ3n) is 5.02. The van der Waals surface area contributed by atoms with Gasteiger partial charge in [0.1, 0.15) is 11.9 Å². The third kappa shape index (κ3) is 2.37. The first-order valence-electron chi connectivity index (χ1n) is 8.37. The maximum absolute atomic E-state index is 11.7. The van der Waals surface area contributed by atoms with Gasteiger partial charge in [-0.15, -0.1) is 10.2 Å². The third-order valence-corrected chi connectivity index (χ3v) is 5.02. The molecular formula is C16H22N6O2. The van der Waals surface area contributed by atoms with Crippen LogP contribution in [0.1, 0.15) is 38.3 Å². The summed E-state index contributed by atoms with van der Waals surface area (Å²) in [6.45, 7) is 6.58. The molecule has 2 aliphatic rings. The number of nitrogens with zero attached hydrogens (tertiary/aromatic N) is 6. The topological polar surface area (TPSA) is 75.9 Å². The van der Waals surface area contributed by atoms with Crippen molar-refractivity contribution >= 4 is 17.4 Å². The van der Waals surface area contributed by atoms with Crippen molar-refractivity contribution < 1.29 is 9.53 Å². The van der Waals surface area contributed by atoms with Crippen LogP contribution in [-0.2, 0) is 4.74 Å². The van der Waals surface area contributed by atoms with Crippen LogP contribution in [0.2, 0.25) is 0 Å². The van der Waals surface area contributed by atoms with E-state index in [2.05, 4.69) is 40.1 Å². The first kappa shape index (κ1) is 15.2. The van der Waals surface area contributed by atoms with E-state index in [1.807, 2.05) is 0 Å². The maximum atomic E-state index is 11.7. The molecular weight excluding hydrogens is 308 g/mol. The van der Waals surface area contributed by atoms with Crippen LogP contribution in [0.3, 0.4) is 0 Å². The van der Waals surface area contributed by atoms with E-state index >= 15 is 0 Å². The number of ether oxygens (including phenoxy) is 1. The molecule has 0 saturated carbocycles. The Labute approximate surface area is 140 Å². The minimum Gasteiger partial charge on any atom is -0.441 e. The molecule has 0 radical (unpaired) electrons. The van der Waals surface area contributed by atoms with Crippen LogP contribution in [0.5, 0.6) is 0 Å². The van der Waals surface area contributed by atoms with Crippen molar-refractivity contribution in [3.05, 3.63) is 18.1 Å². The highest BCUT2D eigenvalue weighted by atomic mass is 16.6. The summed E-state index contributed by atoms with van der Waals surface area (Å²) >= 11 is 0. The van der Waals surface area contributed by atoms with Crippen molar-refractivity contribution in [2.75, 3.05) is 31.6 Å². The van der Waals surface area contributed by atoms with Crippen LogP contribution < -0.4 is 4.90 Å². The van der Waals surface area contributed by atoms with Crippen LogP contribution in [0.4, 0.5) is 10.5 Å². The molecule has 4 heterocycles. The quantitative estimate of drug-likeness (QED) is 0.834. The van der Waals surface area contributed by atoms with Gasteiger partial charge in [0.2, 0.25) is 5.65 Å². The number of anilines is 1. The molecule has 24 heavy (non-hydrogen) atoms. The Bertz CT molecular complexity index is 778. The molecule has 0 atom stereocenters. The molecule has 8 heteroatoms. The minimum atomic E-state index is -0.333. The number of piperidine rings is 1. The molecule has 8 nitrogen and oxygen atoms in total. The highest BCUT2D eigenvalue weighted by Crippen LogP contribution is 2.35. The normalized spacial score (nSPS) is 20.4. The summed E-state index contributed by atoms with van der Waals surface area (Å²) < 4.78 is 7.38. The zero-order chi connectivity index (χ0) is 16.9. The number of amides is 1. The van der Waals surface area contributed by atoms with Crippen LogP contribution in [0.15, 0.2) is 12.4 Å². The van der Waals surface area contributed by atoms with E-state index in [-0.39, 0.29) is 11.7 Å². The lowest BCUT2D eigenvalue weighted by atomic mass is 9.91. The number of fused-ring (bicyclic) bond motifs is 1. The summed E-state index contributed by atoms with van der Waals surface area (Å²) in [6.07, 6.45) is 3.07. The van der Waals surface area contributed by atoms with Gasteiger partial charge in [0.15, 0.2) is 0 Å². The molecule has 1 spiro atoms. The van der Waals surface area contributed by atoms with Gasteiger partial charge in [-0.3, -0.25) is 0 Å². The monoisotopic (exact) mass is 330 g/mol. The molecule has 0 aliphatic carbocycles. The fourth-order valence-corrected chi connectivity index (χ4v) is 3.55. The zero-order valence-corrected chi connectivity index (χ0v) is 14.3. The van der Waals surface area contributed by atoms with Crippen LogP contribution in [-0.4, -0.2) is 63.1 Å². The molecule has 0 N–H and O–H groups in total. The predicted molar refractivity (Wildman–Crippen MR) is 88.2 cm³/mol. The molecule has 2 aromatic rings. The van der Waals surface area contributed by atoms with Crippen molar-refractivity contribution in [3.8, 4) is 0 Å². The Hall–Kier alpha value is -2.38. The number of likely N-dealkylation sites (N-methyl/N-ethyl adjacent to an activating group) is 1. The largest absolute Gasteiger partial charge is 0.441 e. The second-order valence-electron chi connectivity index (χ2n) is 7.10. The number of rotatable bonds is 2. The van der Waals surface area contributed by atoms with E-state index in [1.165, 1.54) is 0 Å². The van der Waals surface area contributed by atoms with Crippen molar-refractivity contribution in [1.82, 2.24) is 24.7 Å². The first-order chi connectivity index (χ1) is 11.5. The van der Waals surface area contributed by atoms with Crippen molar-refractivity contribution in [3.63, 3.8) is 0 Å². The van der Waals surface area contributed by atoms with E-state index in [0.717, 1.165) is 43.0 Å². The maximum Gasteiger partial charge on any atom is 0.410 e. The lowest BCUT2D eigenvalue weighted by Gasteiger charge is -2.38. The molecule has 2 saturated heterocycles. The second kappa shape index (κ2) is 5.32. The molecule has 2 aliphatic heterocycles. The van der Waals surface area contributed by atoms with E-state index < -0.39 is 0 Å². The number of carbonyl (C=O) groups is 1. The molecule has 0 aromatic carbocycles. The van der Waals surface area contributed by atoms with Gasteiger partial charge in [-0.2, -0.15) is 9.61 Å². The summed E-state index contributed by atoms with van der Waals surface area (Å²) in [7, 11) is 1.79. The summed E-state index contributed by atoms with van der Waals surface area (Å²) in [5.74, 6) is 0.330. The summed E-state index contributed by atoms with van der Waals surface area (Å²) in [5, 5.41) is 12.8. The average Bonchev–Trinajstić information content (AvgIpc) is 3.12. The number of aromatic nitrogens is 4. The van der Waals surface area contributed by atoms with E-state index in [1.54, 1.807) is 22.8 Å². The summed E-state index contributed by atoms with van der Waals surface area (Å²) in [5.41, 5.74) is 2.51. The van der Waals surface area contributed by atoms with Crippen LogP contribution >= 0.6 is 0 Å². The molecule has 1 amide bonds. The standard InChI is InChI=1S/C16H22N6O2/c1-11(2)12-8-13(14-18-17-10-22(14)19-12)21-6-4-16(5-7-21)9-20(3)15(23)24-16/h8,10-11H,4-7,9H2,1-3H3. The number of hydrogen-bond donors (Lipinski definition) is 0. The average molecular weight is 330 g/mol. The molecule has 2 fully saturated rings. The Balaban J connectivity index is 1.61. The highest BCUT2D eigenvalue weighted by molar-refractivity contribution is 5.71. The smallest absolute Gasteiger partial charge is 0.410 e. The molecule has 0 bridgehead atoms. The van der Waals surface area contributed by atoms with E-state index in [0.29, 0.717) is 12.5 Å². The van der Waals surface area contributed by atoms with E-state index in [9.17, 15) is 4.79 Å². The van der Waals surface area contributed by atoms with Crippen molar-refractivity contribution in [1.29, 1.82) is 0 Å². The van der Waals surface area contributed by atoms with Gasteiger partial charge >= 0.3 is 6.09 Å². The van der Waals surface area contributed by atoms with E-state index in [4.69, 9.17) is 4.74 Å².